The number of aliphatic hydroxyl groups is 1. The first-order valence-corrected chi connectivity index (χ1v) is 31.5. The molecule has 67 heavy (non-hydrogen) atoms. The number of carbonyl (C=O) groups excluding carboxylic acids is 1. The van der Waals surface area contributed by atoms with Gasteiger partial charge in [0.2, 0.25) is 0 Å². The zero-order valence-corrected chi connectivity index (χ0v) is 47.9. The molecule has 1 unspecified atom stereocenters. The van der Waals surface area contributed by atoms with Gasteiger partial charge in [0.05, 0.1) is 55.4 Å². The number of carbonyl (C=O) groups is 1. The number of ether oxygens (including phenoxy) is 7. The Morgan fingerprint density at radius 1 is 0.851 bits per heavy atom. The fourth-order valence-corrected chi connectivity index (χ4v) is 15.2. The van der Waals surface area contributed by atoms with E-state index in [9.17, 15) is 9.90 Å². The van der Waals surface area contributed by atoms with Crippen LogP contribution in [0.5, 0.6) is 0 Å². The fraction of sp³-hybridized carbons (Fsp3) is 0.870. The van der Waals surface area contributed by atoms with Gasteiger partial charge in [-0.2, -0.15) is 0 Å². The predicted molar refractivity (Wildman–Crippen MR) is 276 cm³/mol. The van der Waals surface area contributed by atoms with Crippen LogP contribution in [0.3, 0.4) is 0 Å². The van der Waals surface area contributed by atoms with E-state index in [0.29, 0.717) is 32.3 Å². The lowest BCUT2D eigenvalue weighted by atomic mass is 9.77. The molecule has 0 amide bonds. The highest BCUT2D eigenvalue weighted by atomic mass is 28.4. The summed E-state index contributed by atoms with van der Waals surface area (Å²) in [6.07, 6.45) is 12.9. The summed E-state index contributed by atoms with van der Waals surface area (Å²) >= 11 is 0. The second-order valence-electron chi connectivity index (χ2n) is 22.5. The minimum Gasteiger partial charge on any atom is -0.458 e. The van der Waals surface area contributed by atoms with E-state index in [-0.39, 0.29) is 89.4 Å². The normalized spacial score (nSPS) is 36.3. The Morgan fingerprint density at radius 3 is 2.01 bits per heavy atom. The molecule has 2 bridgehead atoms. The first-order valence-electron chi connectivity index (χ1n) is 26.1. The molecule has 11 nitrogen and oxygen atoms in total. The fourth-order valence-electron chi connectivity index (χ4n) is 10.8. The molecular formula is C54H100O11Si2. The lowest BCUT2D eigenvalue weighted by molar-refractivity contribution is -0.297. The monoisotopic (exact) mass is 981 g/mol. The molecule has 16 atom stereocenters. The average Bonchev–Trinajstić information content (AvgIpc) is 3.29. The number of methoxy groups -OCH3 is 4. The number of esters is 1. The molecule has 1 saturated heterocycles. The Kier molecular flexibility index (Phi) is 24.2. The third kappa shape index (κ3) is 16.4. The summed E-state index contributed by atoms with van der Waals surface area (Å²) in [5.74, 6) is -2.27. The van der Waals surface area contributed by atoms with Gasteiger partial charge in [0.25, 0.3) is 0 Å². The van der Waals surface area contributed by atoms with Crippen molar-refractivity contribution in [3.63, 3.8) is 0 Å². The number of cyclic esters (lactones) is 1. The molecule has 0 spiro atoms. The highest BCUT2D eigenvalue weighted by Gasteiger charge is 2.48. The van der Waals surface area contributed by atoms with Crippen LogP contribution in [0.25, 0.3) is 0 Å². The molecule has 3 rings (SSSR count). The number of rotatable bonds is 17. The SMILES string of the molecule is CC[Si](CC)(CC)O[C@H]([C@H](C)[C@H]1OC(=O)/C=C/C(C)=C/C[C@H](O[Si](C)(C)C(C)(C)C)C[C@@H]2C=CC[C@@H](C[C@H](OC)[C@@H](C)[C@@H](OC)C[C@@H](OC)[C@@H]1C)O2)[C@@H](C)CCC1(O)OC[C@@H](C)[C@@H](OC)[C@H]1C. The average molecular weight is 982 g/mol. The Morgan fingerprint density at radius 2 is 1.45 bits per heavy atom. The first kappa shape index (κ1) is 60.1. The zero-order valence-electron chi connectivity index (χ0n) is 45.9. The highest BCUT2D eigenvalue weighted by Crippen LogP contribution is 2.42. The smallest absolute Gasteiger partial charge is 0.331 e. The molecule has 0 aliphatic carbocycles. The van der Waals surface area contributed by atoms with Gasteiger partial charge in [-0.3, -0.25) is 0 Å². The van der Waals surface area contributed by atoms with Gasteiger partial charge in [-0.25, -0.2) is 4.79 Å². The van der Waals surface area contributed by atoms with Gasteiger partial charge in [0, 0.05) is 89.8 Å². The molecule has 13 heteroatoms. The minimum absolute atomic E-state index is 0.000171. The van der Waals surface area contributed by atoms with E-state index < -0.39 is 34.5 Å². The van der Waals surface area contributed by atoms with Crippen LogP contribution in [0.1, 0.15) is 135 Å². The molecule has 3 aliphatic rings. The van der Waals surface area contributed by atoms with E-state index in [4.69, 9.17) is 42.0 Å². The van der Waals surface area contributed by atoms with Gasteiger partial charge >= 0.3 is 5.97 Å². The molecule has 1 fully saturated rings. The van der Waals surface area contributed by atoms with E-state index >= 15 is 0 Å². The third-order valence-electron chi connectivity index (χ3n) is 17.0. The van der Waals surface area contributed by atoms with Crippen LogP contribution in [0, 0.1) is 35.5 Å². The molecule has 3 aliphatic heterocycles. The summed E-state index contributed by atoms with van der Waals surface area (Å²) in [4.78, 5) is 14.3. The van der Waals surface area contributed by atoms with Crippen LogP contribution < -0.4 is 0 Å². The van der Waals surface area contributed by atoms with Crippen molar-refractivity contribution in [1.29, 1.82) is 0 Å². The van der Waals surface area contributed by atoms with Gasteiger partial charge < -0.3 is 47.1 Å². The van der Waals surface area contributed by atoms with Crippen molar-refractivity contribution in [2.24, 2.45) is 35.5 Å². The number of hydrogen-bond donors (Lipinski definition) is 1. The number of fused-ring (bicyclic) bond motifs is 2. The molecule has 0 radical (unpaired) electrons. The first-order chi connectivity index (χ1) is 31.4. The maximum absolute atomic E-state index is 14.3. The Balaban J connectivity index is 2.14. The van der Waals surface area contributed by atoms with Crippen LogP contribution in [0.4, 0.5) is 0 Å². The molecule has 1 N–H and O–H groups in total. The summed E-state index contributed by atoms with van der Waals surface area (Å²) in [5.41, 5.74) is 0.960. The maximum atomic E-state index is 14.3. The standard InChI is InChI=1S/C54H100O11Si2/c1-20-67(21-2,22-3)65-50(37(5)30-31-54(56)42(10)51(60-17)38(6)35-61-54)41(9)52-40(8)48(59-16)34-47(58-15)39(7)46(57-14)33-44-25-23-24-43(62-44)32-45(64-66(18,19)53(11,12)13)28-26-36(4)27-29-49(55)63-52/h23-24,26-27,29,37-48,50-52,56H,20-22,25,28,30-35H2,1-19H3/b29-27+,36-26+/t37-,38+,39+,40-,41-,42+,43-,44-,45-,46-,47-,48+,50-,51+,52-,54?/m0/s1. The van der Waals surface area contributed by atoms with Gasteiger partial charge in [0.15, 0.2) is 22.4 Å². The summed E-state index contributed by atoms with van der Waals surface area (Å²) in [7, 11) is 2.67. The molecule has 0 aromatic carbocycles. The largest absolute Gasteiger partial charge is 0.458 e. The second kappa shape index (κ2) is 27.0. The van der Waals surface area contributed by atoms with Crippen LogP contribution in [0.15, 0.2) is 36.0 Å². The van der Waals surface area contributed by atoms with E-state index in [0.717, 1.165) is 43.0 Å². The van der Waals surface area contributed by atoms with Crippen LogP contribution in [-0.2, 0) is 46.8 Å². The quantitative estimate of drug-likeness (QED) is 0.0852. The zero-order chi connectivity index (χ0) is 50.5. The van der Waals surface area contributed by atoms with Crippen LogP contribution >= 0.6 is 0 Å². The summed E-state index contributed by atoms with van der Waals surface area (Å²) in [6.45, 7) is 33.5. The van der Waals surface area contributed by atoms with Gasteiger partial charge in [-0.05, 0) is 68.4 Å². The summed E-state index contributed by atoms with van der Waals surface area (Å²) < 4.78 is 59.3. The highest BCUT2D eigenvalue weighted by molar-refractivity contribution is 6.74. The van der Waals surface area contributed by atoms with Crippen molar-refractivity contribution in [1.82, 2.24) is 0 Å². The summed E-state index contributed by atoms with van der Waals surface area (Å²) in [6, 6.07) is 2.92. The van der Waals surface area contributed by atoms with E-state index in [1.165, 1.54) is 0 Å². The van der Waals surface area contributed by atoms with Gasteiger partial charge in [-0.1, -0.05) is 113 Å². The van der Waals surface area contributed by atoms with Crippen LogP contribution in [-0.4, -0.2) is 123 Å². The molecule has 390 valence electrons. The molecule has 0 aromatic rings. The van der Waals surface area contributed by atoms with E-state index in [2.05, 4.69) is 107 Å². The van der Waals surface area contributed by atoms with E-state index in [1.54, 1.807) is 34.5 Å². The molecule has 3 heterocycles. The van der Waals surface area contributed by atoms with E-state index in [1.807, 2.05) is 19.9 Å². The van der Waals surface area contributed by atoms with Crippen molar-refractivity contribution < 1.29 is 51.9 Å². The maximum Gasteiger partial charge on any atom is 0.331 e. The topological polar surface area (TPSA) is 120 Å². The Labute approximate surface area is 411 Å². The summed E-state index contributed by atoms with van der Waals surface area (Å²) in [5, 5.41) is 12.1. The van der Waals surface area contributed by atoms with Crippen molar-refractivity contribution >= 4 is 22.6 Å². The van der Waals surface area contributed by atoms with Crippen molar-refractivity contribution in [3.05, 3.63) is 36.0 Å². The number of hydrogen-bond acceptors (Lipinski definition) is 11. The molecule has 0 saturated carbocycles. The molecule has 0 aromatic heterocycles. The Bertz CT molecular complexity index is 1550. The lowest BCUT2D eigenvalue weighted by Crippen LogP contribution is -2.54. The van der Waals surface area contributed by atoms with Crippen molar-refractivity contribution in [2.75, 3.05) is 35.0 Å². The lowest BCUT2D eigenvalue weighted by Gasteiger charge is -2.47. The van der Waals surface area contributed by atoms with Crippen molar-refractivity contribution in [2.45, 2.75) is 232 Å². The van der Waals surface area contributed by atoms with Crippen molar-refractivity contribution in [3.8, 4) is 0 Å². The predicted octanol–water partition coefficient (Wildman–Crippen LogP) is 11.8. The van der Waals surface area contributed by atoms with Gasteiger partial charge in [0.1, 0.15) is 6.10 Å². The van der Waals surface area contributed by atoms with Gasteiger partial charge in [-0.15, -0.1) is 0 Å². The Hall–Kier alpha value is -1.24. The second-order valence-corrected chi connectivity index (χ2v) is 31.9. The third-order valence-corrected chi connectivity index (χ3v) is 26.1. The number of allylic oxidation sites excluding steroid dienone is 2. The minimum atomic E-state index is -2.21. The van der Waals surface area contributed by atoms with Crippen LogP contribution in [0.2, 0.25) is 36.3 Å². The molecular weight excluding hydrogens is 881 g/mol.